The average molecular weight is 1370 g/mol. The number of nitrogens with zero attached hydrogens (tertiary/aromatic N) is 16. The van der Waals surface area contributed by atoms with Crippen molar-refractivity contribution in [2.24, 2.45) is 25.4 Å². The summed E-state index contributed by atoms with van der Waals surface area (Å²) in [5.41, 5.74) is 7.93. The van der Waals surface area contributed by atoms with Gasteiger partial charge in [0.1, 0.15) is 34.9 Å². The molecule has 8 heterocycles. The Morgan fingerprint density at radius 3 is 1.16 bits per heavy atom. The van der Waals surface area contributed by atoms with Crippen LogP contribution in [-0.2, 0) is 21.1 Å². The van der Waals surface area contributed by atoms with Crippen LogP contribution in [0.3, 0.4) is 0 Å². The third-order valence-electron chi connectivity index (χ3n) is 16.8. The molecule has 2 saturated heterocycles. The molecule has 0 amide bonds. The van der Waals surface area contributed by atoms with Crippen molar-refractivity contribution >= 4 is 125 Å². The van der Waals surface area contributed by atoms with E-state index >= 15 is 0 Å². The van der Waals surface area contributed by atoms with E-state index in [4.69, 9.17) is 0 Å². The van der Waals surface area contributed by atoms with Gasteiger partial charge in [-0.3, -0.25) is 58.4 Å². The summed E-state index contributed by atoms with van der Waals surface area (Å²) < 4.78 is 13.7. The van der Waals surface area contributed by atoms with Crippen LogP contribution in [0.1, 0.15) is 16.7 Å². The van der Waals surface area contributed by atoms with E-state index < -0.39 is 31.4 Å². The molecule has 2 aliphatic rings. The zero-order chi connectivity index (χ0) is 68.8. The summed E-state index contributed by atoms with van der Waals surface area (Å²) in [7, 11) is 14.2. The summed E-state index contributed by atoms with van der Waals surface area (Å²) in [5, 5.41) is 67.2. The number of nitrogens with one attached hydrogen (secondary N) is 1. The molecule has 0 aliphatic carbocycles. The SMILES string of the molecule is CN1CCN(c2ccc3c(c2)c2c(cc(C#N)c(=O)n2-c2ccc([N+](=O)[O-])cc2)n3C)CC1.CN1CCNCC1.Cn1c2ccc(Br)cc2c2c1cc(C#N)c(=O)n2-c1ccc([N+](=O)[O-])cc1.Cn1c2ccccc2c2c1cc(C#N)c(=O)n2-c1ccc([N+](=O)[O-])cc1.[B]=NS. The molecule has 14 rings (SSSR count). The van der Waals surface area contributed by atoms with Crippen LogP contribution in [0.4, 0.5) is 22.7 Å². The van der Waals surface area contributed by atoms with Crippen LogP contribution in [0.15, 0.2) is 175 Å². The van der Waals surface area contributed by atoms with Crippen molar-refractivity contribution in [3.8, 4) is 35.3 Å². The zero-order valence-corrected chi connectivity index (χ0v) is 54.8. The summed E-state index contributed by atoms with van der Waals surface area (Å²) >= 11 is 6.65. The third kappa shape index (κ3) is 13.3. The topological polar surface area (TPSA) is 316 Å². The van der Waals surface area contributed by atoms with Crippen LogP contribution in [-0.4, -0.2) is 126 Å². The Morgan fingerprint density at radius 1 is 0.458 bits per heavy atom. The Bertz CT molecular complexity index is 5400. The summed E-state index contributed by atoms with van der Waals surface area (Å²) in [5.74, 6) is 0. The molecular formula is C67H58BBrN17O9S. The van der Waals surface area contributed by atoms with Gasteiger partial charge in [0.2, 0.25) is 0 Å². The van der Waals surface area contributed by atoms with Crippen LogP contribution in [0.2, 0.25) is 0 Å². The van der Waals surface area contributed by atoms with Gasteiger partial charge in [-0.05, 0) is 111 Å². The molecule has 26 nitrogen and oxygen atoms in total. The Labute approximate surface area is 561 Å². The van der Waals surface area contributed by atoms with Gasteiger partial charge in [-0.1, -0.05) is 34.1 Å². The monoisotopic (exact) mass is 1370 g/mol. The molecule has 0 spiro atoms. The number of pyridine rings is 3. The molecular weight excluding hydrogens is 1310 g/mol. The van der Waals surface area contributed by atoms with E-state index in [2.05, 4.69) is 86.9 Å². The van der Waals surface area contributed by atoms with Crippen molar-refractivity contribution < 1.29 is 14.8 Å². The number of halogens is 1. The summed E-state index contributed by atoms with van der Waals surface area (Å²) in [6, 6.07) is 47.5. The first kappa shape index (κ1) is 67.5. The standard InChI is InChI=1S/C24H22N6O3.C19H11BrN4O3.C19H12N4O3.C5H12N2.BHNS/c1-26-9-11-28(12-10-26)19-7-8-21-20(14-19)23-22(27(21)2)13-16(15-25)24(31)29(23)17-3-5-18(6-4-17)30(32)33;1-22-16-7-2-12(20)9-15(16)18-17(22)8-11(10-21)19(25)23(18)13-3-5-14(6-4-13)24(26)27;1-21-16-5-3-2-4-15(16)18-17(21)10-12(11-20)19(24)22(18)13-6-8-14(9-7-13)23(25)26;1-7-4-2-6-3-5-7;1-2-3/h3-8,13-14H,9-12H2,1-2H3;2-9H,1H3;2-10H,1H3;6H,2-5H2,1H3;3H. The molecule has 6 aromatic heterocycles. The molecule has 0 atom stereocenters. The van der Waals surface area contributed by atoms with Gasteiger partial charge in [-0.15, -0.1) is 0 Å². The molecule has 0 bridgehead atoms. The number of aryl methyl sites for hydroxylation is 3. The molecule has 2 aliphatic heterocycles. The van der Waals surface area contributed by atoms with E-state index in [0.29, 0.717) is 33.6 Å². The molecule has 6 aromatic carbocycles. The number of thiol groups is 1. The first-order valence-electron chi connectivity index (χ1n) is 29.6. The van der Waals surface area contributed by atoms with Crippen molar-refractivity contribution in [2.75, 3.05) is 71.4 Å². The van der Waals surface area contributed by atoms with Crippen molar-refractivity contribution in [1.82, 2.24) is 42.5 Å². The van der Waals surface area contributed by atoms with Gasteiger partial charge < -0.3 is 33.7 Å². The molecule has 0 unspecified atom stereocenters. The van der Waals surface area contributed by atoms with Crippen molar-refractivity contribution in [2.45, 2.75) is 0 Å². The van der Waals surface area contributed by atoms with Crippen LogP contribution in [0, 0.1) is 64.3 Å². The molecule has 481 valence electrons. The predicted molar refractivity (Wildman–Crippen MR) is 377 cm³/mol. The number of nitro benzene ring substituents is 3. The second-order valence-corrected chi connectivity index (χ2v) is 23.6. The third-order valence-corrected chi connectivity index (χ3v) is 17.3. The summed E-state index contributed by atoms with van der Waals surface area (Å²) in [6.07, 6.45) is 0. The Kier molecular flexibility index (Phi) is 20.3. The maximum absolute atomic E-state index is 13.3. The number of hydrogen-bond donors (Lipinski definition) is 2. The number of hydrogen-bond acceptors (Lipinski definition) is 18. The Balaban J connectivity index is 0.000000147. The van der Waals surface area contributed by atoms with Crippen LogP contribution < -0.4 is 26.9 Å². The molecule has 12 aromatic rings. The Morgan fingerprint density at radius 2 is 0.792 bits per heavy atom. The predicted octanol–water partition coefficient (Wildman–Crippen LogP) is 10.0. The number of nitro groups is 3. The first-order chi connectivity index (χ1) is 46.1. The van der Waals surface area contributed by atoms with Gasteiger partial charge in [0.05, 0.1) is 64.4 Å². The quantitative estimate of drug-likeness (QED) is 0.0648. The number of piperazine rings is 2. The number of likely N-dealkylation sites (N-methyl/N-ethyl adjacent to an activating group) is 2. The first-order valence-corrected chi connectivity index (χ1v) is 30.8. The maximum atomic E-state index is 13.3. The number of non-ortho nitro benzene ring substituents is 3. The van der Waals surface area contributed by atoms with E-state index in [-0.39, 0.29) is 33.8 Å². The number of para-hydroxylation sites is 1. The van der Waals surface area contributed by atoms with Crippen LogP contribution in [0.25, 0.3) is 82.9 Å². The van der Waals surface area contributed by atoms with Gasteiger partial charge in [0.25, 0.3) is 33.7 Å². The number of fused-ring (bicyclic) bond motifs is 9. The van der Waals surface area contributed by atoms with E-state index in [1.807, 2.05) is 102 Å². The molecule has 29 heteroatoms. The van der Waals surface area contributed by atoms with E-state index in [1.165, 1.54) is 87.5 Å². The minimum atomic E-state index is -0.497. The van der Waals surface area contributed by atoms with Crippen molar-refractivity contribution in [3.63, 3.8) is 0 Å². The fourth-order valence-electron chi connectivity index (χ4n) is 11.9. The molecule has 96 heavy (non-hydrogen) atoms. The number of benzene rings is 6. The molecule has 1 N–H and O–H groups in total. The van der Waals surface area contributed by atoms with Crippen molar-refractivity contribution in [1.29, 1.82) is 15.8 Å². The zero-order valence-electron chi connectivity index (χ0n) is 52.3. The Hall–Kier alpha value is -11.4. The normalized spacial score (nSPS) is 13.1. The van der Waals surface area contributed by atoms with Crippen LogP contribution >= 0.6 is 28.7 Å². The number of aromatic nitrogens is 6. The van der Waals surface area contributed by atoms with Gasteiger partial charge in [-0.25, -0.2) is 0 Å². The minimum absolute atomic E-state index is 0.00539. The van der Waals surface area contributed by atoms with Gasteiger partial charge in [0.15, 0.2) is 0 Å². The summed E-state index contributed by atoms with van der Waals surface area (Å²) in [6.45, 7) is 8.53. The number of anilines is 1. The summed E-state index contributed by atoms with van der Waals surface area (Å²) in [4.78, 5) is 77.5. The molecule has 0 saturated carbocycles. The molecule has 2 fully saturated rings. The van der Waals surface area contributed by atoms with E-state index in [0.717, 1.165) is 98.7 Å². The van der Waals surface area contributed by atoms with E-state index in [1.54, 1.807) is 30.3 Å². The second kappa shape index (κ2) is 28.9. The fraction of sp³-hybridized carbons (Fsp3) is 0.194. The number of nitriles is 3. The van der Waals surface area contributed by atoms with Gasteiger partial charge in [0, 0.05) is 153 Å². The molecule has 1 radical (unpaired) electrons. The number of rotatable bonds is 7. The van der Waals surface area contributed by atoms with Gasteiger partial charge in [-0.2, -0.15) is 15.8 Å². The van der Waals surface area contributed by atoms with Crippen LogP contribution in [0.5, 0.6) is 0 Å². The van der Waals surface area contributed by atoms with E-state index in [9.17, 15) is 60.5 Å². The van der Waals surface area contributed by atoms with Gasteiger partial charge >= 0.3 is 24.8 Å². The van der Waals surface area contributed by atoms with Crippen molar-refractivity contribution in [3.05, 3.63) is 234 Å². The average Bonchev–Trinajstić information content (AvgIpc) is 1.58. The second-order valence-electron chi connectivity index (χ2n) is 22.5. The fourth-order valence-corrected chi connectivity index (χ4v) is 12.3.